The van der Waals surface area contributed by atoms with Gasteiger partial charge in [0, 0.05) is 17.6 Å². The van der Waals surface area contributed by atoms with Gasteiger partial charge in [-0.25, -0.2) is 4.52 Å². The summed E-state index contributed by atoms with van der Waals surface area (Å²) >= 11 is 3.55. The summed E-state index contributed by atoms with van der Waals surface area (Å²) in [4.78, 5) is 12.3. The van der Waals surface area contributed by atoms with Crippen LogP contribution in [-0.4, -0.2) is 26.9 Å². The molecule has 18 heavy (non-hydrogen) atoms. The number of carbonyl (C=O) groups is 1. The van der Waals surface area contributed by atoms with E-state index < -0.39 is 0 Å². The molecule has 2 aromatic heterocycles. The standard InChI is InChI=1S/C13H16BrN3O/c1-9(2)11(14)8-15-13(18)10-7-16-17-6-4-3-5-12(10)17/h3-7,9,11H,8H2,1-2H3,(H,15,18). The van der Waals surface area contributed by atoms with Crippen molar-refractivity contribution in [1.29, 1.82) is 0 Å². The van der Waals surface area contributed by atoms with Gasteiger partial charge in [-0.2, -0.15) is 5.10 Å². The fraction of sp³-hybridized carbons (Fsp3) is 0.385. The number of fused-ring (bicyclic) bond motifs is 1. The average Bonchev–Trinajstić information content (AvgIpc) is 2.79. The molecule has 1 unspecified atom stereocenters. The van der Waals surface area contributed by atoms with E-state index in [2.05, 4.69) is 40.2 Å². The lowest BCUT2D eigenvalue weighted by atomic mass is 10.1. The Balaban J connectivity index is 2.10. The molecule has 0 aromatic carbocycles. The maximum Gasteiger partial charge on any atom is 0.255 e. The fourth-order valence-electron chi connectivity index (χ4n) is 1.63. The summed E-state index contributed by atoms with van der Waals surface area (Å²) < 4.78 is 1.70. The summed E-state index contributed by atoms with van der Waals surface area (Å²) in [5.74, 6) is 0.399. The number of hydrogen-bond acceptors (Lipinski definition) is 2. The van der Waals surface area contributed by atoms with E-state index in [0.717, 1.165) is 5.52 Å². The van der Waals surface area contributed by atoms with Gasteiger partial charge in [0.1, 0.15) is 0 Å². The minimum atomic E-state index is -0.0821. The van der Waals surface area contributed by atoms with E-state index >= 15 is 0 Å². The SMILES string of the molecule is CC(C)C(Br)CNC(=O)c1cnn2ccccc12. The maximum absolute atomic E-state index is 12.1. The molecule has 1 N–H and O–H groups in total. The lowest BCUT2D eigenvalue weighted by Gasteiger charge is -2.14. The number of nitrogens with zero attached hydrogens (tertiary/aromatic N) is 2. The first-order chi connectivity index (χ1) is 8.59. The van der Waals surface area contributed by atoms with Crippen molar-refractivity contribution in [1.82, 2.24) is 14.9 Å². The van der Waals surface area contributed by atoms with Crippen LogP contribution in [0.15, 0.2) is 30.6 Å². The summed E-state index contributed by atoms with van der Waals surface area (Å²) in [6.07, 6.45) is 3.43. The maximum atomic E-state index is 12.1. The Kier molecular flexibility index (Phi) is 4.01. The number of carbonyl (C=O) groups excluding carboxylic acids is 1. The van der Waals surface area contributed by atoms with Crippen LogP contribution in [-0.2, 0) is 0 Å². The first-order valence-electron chi connectivity index (χ1n) is 5.94. The number of nitrogens with one attached hydrogen (secondary N) is 1. The van der Waals surface area contributed by atoms with E-state index in [1.807, 2.05) is 24.4 Å². The van der Waals surface area contributed by atoms with E-state index in [1.165, 1.54) is 0 Å². The van der Waals surface area contributed by atoms with E-state index in [-0.39, 0.29) is 10.7 Å². The number of amides is 1. The number of aromatic nitrogens is 2. The van der Waals surface area contributed by atoms with Crippen molar-refractivity contribution >= 4 is 27.4 Å². The summed E-state index contributed by atoms with van der Waals surface area (Å²) in [6, 6.07) is 5.67. The molecule has 2 aromatic rings. The Labute approximate surface area is 115 Å². The van der Waals surface area contributed by atoms with Crippen LogP contribution in [0.2, 0.25) is 0 Å². The minimum Gasteiger partial charge on any atom is -0.351 e. The molecule has 0 spiro atoms. The van der Waals surface area contributed by atoms with Crippen molar-refractivity contribution in [3.05, 3.63) is 36.2 Å². The highest BCUT2D eigenvalue weighted by molar-refractivity contribution is 9.09. The zero-order chi connectivity index (χ0) is 13.1. The van der Waals surface area contributed by atoms with Crippen LogP contribution in [0.5, 0.6) is 0 Å². The molecule has 0 saturated heterocycles. The molecule has 1 amide bonds. The molecule has 0 fully saturated rings. The minimum absolute atomic E-state index is 0.0821. The van der Waals surface area contributed by atoms with Crippen LogP contribution in [0.1, 0.15) is 24.2 Å². The number of rotatable bonds is 4. The smallest absolute Gasteiger partial charge is 0.255 e. The molecular weight excluding hydrogens is 294 g/mol. The third kappa shape index (κ3) is 2.72. The van der Waals surface area contributed by atoms with Gasteiger partial charge in [-0.1, -0.05) is 35.8 Å². The number of hydrogen-bond donors (Lipinski definition) is 1. The summed E-state index contributed by atoms with van der Waals surface area (Å²) in [5, 5.41) is 7.07. The van der Waals surface area contributed by atoms with Gasteiger partial charge in [-0.05, 0) is 18.1 Å². The Morgan fingerprint density at radius 3 is 3.00 bits per heavy atom. The van der Waals surface area contributed by atoms with Gasteiger partial charge in [0.2, 0.25) is 0 Å². The van der Waals surface area contributed by atoms with Gasteiger partial charge in [0.25, 0.3) is 5.91 Å². The zero-order valence-corrected chi connectivity index (χ0v) is 12.0. The predicted octanol–water partition coefficient (Wildman–Crippen LogP) is 2.48. The molecule has 2 heterocycles. The third-order valence-electron chi connectivity index (χ3n) is 2.85. The first kappa shape index (κ1) is 13.1. The Morgan fingerprint density at radius 2 is 2.28 bits per heavy atom. The third-order valence-corrected chi connectivity index (χ3v) is 4.23. The second kappa shape index (κ2) is 5.52. The molecule has 0 aliphatic heterocycles. The molecule has 2 rings (SSSR count). The molecule has 96 valence electrons. The second-order valence-corrected chi connectivity index (χ2v) is 5.73. The van der Waals surface area contributed by atoms with Crippen molar-refractivity contribution < 1.29 is 4.79 Å². The second-order valence-electron chi connectivity index (χ2n) is 4.56. The van der Waals surface area contributed by atoms with Crippen molar-refractivity contribution in [3.63, 3.8) is 0 Å². The van der Waals surface area contributed by atoms with Crippen LogP contribution in [0.4, 0.5) is 0 Å². The topological polar surface area (TPSA) is 46.4 Å². The van der Waals surface area contributed by atoms with Crippen molar-refractivity contribution in [2.75, 3.05) is 6.54 Å². The Hall–Kier alpha value is -1.36. The molecule has 5 heteroatoms. The van der Waals surface area contributed by atoms with Gasteiger partial charge in [0.05, 0.1) is 17.3 Å². The predicted molar refractivity (Wildman–Crippen MR) is 75.1 cm³/mol. The highest BCUT2D eigenvalue weighted by Gasteiger charge is 2.14. The molecule has 0 radical (unpaired) electrons. The molecular formula is C13H16BrN3O. The van der Waals surface area contributed by atoms with Crippen LogP contribution in [0.3, 0.4) is 0 Å². The summed E-state index contributed by atoms with van der Waals surface area (Å²) in [6.45, 7) is 4.84. The molecule has 0 bridgehead atoms. The van der Waals surface area contributed by atoms with Gasteiger partial charge in [-0.15, -0.1) is 0 Å². The van der Waals surface area contributed by atoms with E-state index in [1.54, 1.807) is 10.7 Å². The molecule has 0 aliphatic rings. The molecule has 1 atom stereocenters. The van der Waals surface area contributed by atoms with E-state index in [9.17, 15) is 4.79 Å². The van der Waals surface area contributed by atoms with Crippen LogP contribution >= 0.6 is 15.9 Å². The quantitative estimate of drug-likeness (QED) is 0.882. The average molecular weight is 310 g/mol. The van der Waals surface area contributed by atoms with Crippen molar-refractivity contribution in [3.8, 4) is 0 Å². The van der Waals surface area contributed by atoms with Gasteiger partial charge in [-0.3, -0.25) is 4.79 Å². The highest BCUT2D eigenvalue weighted by atomic mass is 79.9. The number of alkyl halides is 1. The normalized spacial score (nSPS) is 12.9. The lowest BCUT2D eigenvalue weighted by Crippen LogP contribution is -2.31. The van der Waals surface area contributed by atoms with Crippen LogP contribution in [0, 0.1) is 5.92 Å². The van der Waals surface area contributed by atoms with Gasteiger partial charge in [0.15, 0.2) is 0 Å². The van der Waals surface area contributed by atoms with Gasteiger partial charge >= 0.3 is 0 Å². The van der Waals surface area contributed by atoms with Gasteiger partial charge < -0.3 is 5.32 Å². The summed E-state index contributed by atoms with van der Waals surface area (Å²) in [5.41, 5.74) is 1.43. The lowest BCUT2D eigenvalue weighted by molar-refractivity contribution is 0.0954. The Morgan fingerprint density at radius 1 is 1.50 bits per heavy atom. The molecule has 4 nitrogen and oxygen atoms in total. The molecule has 0 aliphatic carbocycles. The van der Waals surface area contributed by atoms with Crippen LogP contribution < -0.4 is 5.32 Å². The first-order valence-corrected chi connectivity index (χ1v) is 6.86. The van der Waals surface area contributed by atoms with E-state index in [4.69, 9.17) is 0 Å². The monoisotopic (exact) mass is 309 g/mol. The van der Waals surface area contributed by atoms with Crippen molar-refractivity contribution in [2.24, 2.45) is 5.92 Å². The summed E-state index contributed by atoms with van der Waals surface area (Å²) in [7, 11) is 0. The Bertz CT molecular complexity index is 550. The largest absolute Gasteiger partial charge is 0.351 e. The van der Waals surface area contributed by atoms with Crippen LogP contribution in [0.25, 0.3) is 5.52 Å². The van der Waals surface area contributed by atoms with E-state index in [0.29, 0.717) is 18.0 Å². The van der Waals surface area contributed by atoms with Crippen molar-refractivity contribution in [2.45, 2.75) is 18.7 Å². The fourth-order valence-corrected chi connectivity index (χ4v) is 1.79. The number of pyridine rings is 1. The number of halogens is 1. The zero-order valence-electron chi connectivity index (χ0n) is 10.4. The highest BCUT2D eigenvalue weighted by Crippen LogP contribution is 2.12. The molecule has 0 saturated carbocycles.